The van der Waals surface area contributed by atoms with Gasteiger partial charge in [0.15, 0.2) is 0 Å². The molecule has 3 aliphatic heterocycles. The lowest BCUT2D eigenvalue weighted by molar-refractivity contribution is -0.136. The highest BCUT2D eigenvalue weighted by atomic mass is 16.5. The molecule has 0 radical (unpaired) electrons. The molecule has 1 N–H and O–H groups in total. The topological polar surface area (TPSA) is 36.9 Å². The van der Waals surface area contributed by atoms with E-state index < -0.39 is 0 Å². The van der Waals surface area contributed by atoms with E-state index in [1.54, 1.807) is 0 Å². The highest BCUT2D eigenvalue weighted by Gasteiger charge is 2.50. The molecule has 3 heterocycles. The summed E-state index contributed by atoms with van der Waals surface area (Å²) >= 11 is 0. The van der Waals surface area contributed by atoms with Gasteiger partial charge in [-0.25, -0.2) is 5.01 Å². The minimum atomic E-state index is -0.337. The zero-order valence-electron chi connectivity index (χ0n) is 15.8. The highest BCUT2D eigenvalue weighted by Crippen LogP contribution is 2.49. The molecule has 0 bridgehead atoms. The first kappa shape index (κ1) is 16.1. The van der Waals surface area contributed by atoms with Gasteiger partial charge in [-0.05, 0) is 16.8 Å². The van der Waals surface area contributed by atoms with Gasteiger partial charge in [-0.2, -0.15) is 5.10 Å². The fourth-order valence-electron chi connectivity index (χ4n) is 5.02. The average Bonchev–Trinajstić information content (AvgIpc) is 3.21. The SMILES string of the molecule is c1ccc2c(c1)OC1(CCNCC1)N1N=C(c3cccc4ccccc34)C[C@H]21. The van der Waals surface area contributed by atoms with Crippen LogP contribution in [0.15, 0.2) is 71.8 Å². The first-order valence-electron chi connectivity index (χ1n) is 10.2. The van der Waals surface area contributed by atoms with Gasteiger partial charge in [0.25, 0.3) is 0 Å². The molecule has 0 unspecified atom stereocenters. The van der Waals surface area contributed by atoms with Gasteiger partial charge in [-0.3, -0.25) is 0 Å². The molecular formula is C24H23N3O. The van der Waals surface area contributed by atoms with Crippen LogP contribution in [0.3, 0.4) is 0 Å². The van der Waals surface area contributed by atoms with Crippen LogP contribution < -0.4 is 10.1 Å². The van der Waals surface area contributed by atoms with E-state index in [1.807, 2.05) is 0 Å². The predicted octanol–water partition coefficient (Wildman–Crippen LogP) is 4.46. The van der Waals surface area contributed by atoms with Crippen LogP contribution in [-0.4, -0.2) is 29.5 Å². The van der Waals surface area contributed by atoms with E-state index in [1.165, 1.54) is 27.6 Å². The summed E-state index contributed by atoms with van der Waals surface area (Å²) in [5, 5.41) is 13.5. The standard InChI is InChI=1S/C24H23N3O/c1-2-8-18-17(6-1)7-5-10-19(18)21-16-22-20-9-3-4-11-23(20)28-24(27(22)26-21)12-14-25-15-13-24/h1-11,22,25H,12-16H2/t22-/m1/s1. The van der Waals surface area contributed by atoms with Crippen LogP contribution in [0.25, 0.3) is 10.8 Å². The van der Waals surface area contributed by atoms with Crippen molar-refractivity contribution in [1.82, 2.24) is 10.3 Å². The molecule has 1 atom stereocenters. The molecule has 6 rings (SSSR count). The molecular weight excluding hydrogens is 346 g/mol. The zero-order chi connectivity index (χ0) is 18.6. The number of piperidine rings is 1. The van der Waals surface area contributed by atoms with E-state index >= 15 is 0 Å². The quantitative estimate of drug-likeness (QED) is 0.688. The minimum Gasteiger partial charge on any atom is -0.466 e. The van der Waals surface area contributed by atoms with Crippen LogP contribution in [0.2, 0.25) is 0 Å². The van der Waals surface area contributed by atoms with Crippen molar-refractivity contribution in [3.05, 3.63) is 77.9 Å². The van der Waals surface area contributed by atoms with Gasteiger partial charge in [-0.1, -0.05) is 60.7 Å². The van der Waals surface area contributed by atoms with Crippen LogP contribution >= 0.6 is 0 Å². The summed E-state index contributed by atoms with van der Waals surface area (Å²) in [5.74, 6) is 1.03. The summed E-state index contributed by atoms with van der Waals surface area (Å²) in [6.07, 6.45) is 2.82. The van der Waals surface area contributed by atoms with Crippen molar-refractivity contribution >= 4 is 16.5 Å². The van der Waals surface area contributed by atoms with Gasteiger partial charge in [0.1, 0.15) is 5.75 Å². The van der Waals surface area contributed by atoms with Crippen LogP contribution in [0, 0.1) is 0 Å². The number of fused-ring (bicyclic) bond motifs is 5. The smallest absolute Gasteiger partial charge is 0.200 e. The van der Waals surface area contributed by atoms with Crippen molar-refractivity contribution in [3.8, 4) is 5.75 Å². The molecule has 1 saturated heterocycles. The van der Waals surface area contributed by atoms with Crippen LogP contribution in [0.1, 0.15) is 36.4 Å². The second-order valence-corrected chi connectivity index (χ2v) is 7.97. The largest absolute Gasteiger partial charge is 0.466 e. The molecule has 4 heteroatoms. The van der Waals surface area contributed by atoms with Gasteiger partial charge >= 0.3 is 0 Å². The molecule has 28 heavy (non-hydrogen) atoms. The number of benzene rings is 3. The van der Waals surface area contributed by atoms with Crippen molar-refractivity contribution in [2.75, 3.05) is 13.1 Å². The number of nitrogens with zero attached hydrogens (tertiary/aromatic N) is 2. The van der Waals surface area contributed by atoms with Gasteiger partial charge in [0, 0.05) is 43.5 Å². The molecule has 3 aliphatic rings. The Morgan fingerprint density at radius 3 is 2.64 bits per heavy atom. The second kappa shape index (κ2) is 6.08. The third kappa shape index (κ3) is 2.31. The molecule has 0 aliphatic carbocycles. The van der Waals surface area contributed by atoms with E-state index in [4.69, 9.17) is 9.84 Å². The number of nitrogens with one attached hydrogen (secondary N) is 1. The van der Waals surface area contributed by atoms with Gasteiger partial charge in [0.2, 0.25) is 5.72 Å². The normalized spacial score (nSPS) is 22.5. The number of hydrogen-bond acceptors (Lipinski definition) is 4. The summed E-state index contributed by atoms with van der Waals surface area (Å²) in [5.41, 5.74) is 3.33. The van der Waals surface area contributed by atoms with Crippen molar-refractivity contribution in [3.63, 3.8) is 0 Å². The summed E-state index contributed by atoms with van der Waals surface area (Å²) in [6.45, 7) is 1.93. The minimum absolute atomic E-state index is 0.247. The van der Waals surface area contributed by atoms with Crippen molar-refractivity contribution in [2.45, 2.75) is 31.0 Å². The van der Waals surface area contributed by atoms with Crippen molar-refractivity contribution < 1.29 is 4.74 Å². The van der Waals surface area contributed by atoms with E-state index in [9.17, 15) is 0 Å². The maximum atomic E-state index is 6.62. The maximum Gasteiger partial charge on any atom is 0.200 e. The number of para-hydroxylation sites is 1. The third-order valence-corrected chi connectivity index (χ3v) is 6.39. The maximum absolute atomic E-state index is 6.62. The van der Waals surface area contributed by atoms with E-state index in [2.05, 4.69) is 77.1 Å². The number of ether oxygens (including phenoxy) is 1. The molecule has 4 nitrogen and oxygen atoms in total. The molecule has 140 valence electrons. The van der Waals surface area contributed by atoms with Gasteiger partial charge < -0.3 is 10.1 Å². The Labute approximate surface area is 164 Å². The molecule has 3 aromatic rings. The molecule has 1 spiro atoms. The average molecular weight is 369 g/mol. The Bertz CT molecular complexity index is 1080. The molecule has 0 aromatic heterocycles. The Morgan fingerprint density at radius 1 is 0.929 bits per heavy atom. The predicted molar refractivity (Wildman–Crippen MR) is 112 cm³/mol. The van der Waals surface area contributed by atoms with E-state index in [0.29, 0.717) is 0 Å². The Hall–Kier alpha value is -2.85. The van der Waals surface area contributed by atoms with Crippen LogP contribution in [0.5, 0.6) is 5.75 Å². The third-order valence-electron chi connectivity index (χ3n) is 6.39. The summed E-state index contributed by atoms with van der Waals surface area (Å²) in [6, 6.07) is 23.9. The molecule has 1 fully saturated rings. The van der Waals surface area contributed by atoms with Crippen LogP contribution in [-0.2, 0) is 0 Å². The second-order valence-electron chi connectivity index (χ2n) is 7.97. The van der Waals surface area contributed by atoms with E-state index in [0.717, 1.165) is 38.1 Å². The van der Waals surface area contributed by atoms with Crippen molar-refractivity contribution in [1.29, 1.82) is 0 Å². The van der Waals surface area contributed by atoms with Crippen LogP contribution in [0.4, 0.5) is 0 Å². The molecule has 3 aromatic carbocycles. The number of hydrogen-bond donors (Lipinski definition) is 1. The summed E-state index contributed by atoms with van der Waals surface area (Å²) < 4.78 is 6.62. The molecule has 0 saturated carbocycles. The first-order chi connectivity index (χ1) is 13.8. The Morgan fingerprint density at radius 2 is 1.71 bits per heavy atom. The molecule has 0 amide bonds. The Balaban J connectivity index is 1.50. The summed E-state index contributed by atoms with van der Waals surface area (Å²) in [7, 11) is 0. The monoisotopic (exact) mass is 369 g/mol. The first-order valence-corrected chi connectivity index (χ1v) is 10.2. The van der Waals surface area contributed by atoms with Crippen molar-refractivity contribution in [2.24, 2.45) is 5.10 Å². The lowest BCUT2D eigenvalue weighted by atomic mass is 9.90. The highest BCUT2D eigenvalue weighted by molar-refractivity contribution is 6.11. The zero-order valence-corrected chi connectivity index (χ0v) is 15.8. The lowest BCUT2D eigenvalue weighted by Gasteiger charge is -2.49. The fourth-order valence-corrected chi connectivity index (χ4v) is 5.02. The number of rotatable bonds is 1. The lowest BCUT2D eigenvalue weighted by Crippen LogP contribution is -2.58. The van der Waals surface area contributed by atoms with E-state index in [-0.39, 0.29) is 11.8 Å². The van der Waals surface area contributed by atoms with Gasteiger partial charge in [-0.15, -0.1) is 0 Å². The fraction of sp³-hybridized carbons (Fsp3) is 0.292. The Kier molecular flexibility index (Phi) is 3.50. The number of hydrazone groups is 1. The summed E-state index contributed by atoms with van der Waals surface area (Å²) in [4.78, 5) is 0. The van der Waals surface area contributed by atoms with Gasteiger partial charge in [0.05, 0.1) is 11.8 Å².